The molecule has 3 nitrogen and oxygen atoms in total. The Morgan fingerprint density at radius 2 is 2.06 bits per heavy atom. The van der Waals surface area contributed by atoms with Crippen molar-refractivity contribution < 1.29 is 9.53 Å². The maximum absolute atomic E-state index is 10.8. The fraction of sp³-hybridized carbons (Fsp3) is 0.467. The first-order chi connectivity index (χ1) is 8.66. The Kier molecular flexibility index (Phi) is 3.66. The van der Waals surface area contributed by atoms with E-state index < -0.39 is 0 Å². The maximum atomic E-state index is 10.8. The van der Waals surface area contributed by atoms with Crippen molar-refractivity contribution in [3.05, 3.63) is 35.4 Å². The Morgan fingerprint density at radius 3 is 2.50 bits per heavy atom. The summed E-state index contributed by atoms with van der Waals surface area (Å²) in [7, 11) is 0. The molecule has 1 fully saturated rings. The van der Waals surface area contributed by atoms with Crippen molar-refractivity contribution in [2.24, 2.45) is 0 Å². The summed E-state index contributed by atoms with van der Waals surface area (Å²) < 4.78 is 5.05. The fourth-order valence-corrected chi connectivity index (χ4v) is 2.58. The number of carbonyl (C=O) groups is 1. The second-order valence-corrected chi connectivity index (χ2v) is 4.91. The molecule has 0 aromatic heterocycles. The van der Waals surface area contributed by atoms with E-state index in [0.717, 1.165) is 19.3 Å². The SMILES string of the molecule is CC(=O)OCCC1(c2ccc(C#N)cc2)CCC1. The van der Waals surface area contributed by atoms with E-state index in [9.17, 15) is 4.79 Å². The molecule has 3 heteroatoms. The molecule has 1 aromatic carbocycles. The summed E-state index contributed by atoms with van der Waals surface area (Å²) in [6, 6.07) is 9.92. The number of hydrogen-bond donors (Lipinski definition) is 0. The molecule has 0 aliphatic heterocycles. The number of ether oxygens (including phenoxy) is 1. The van der Waals surface area contributed by atoms with Crippen LogP contribution in [0.3, 0.4) is 0 Å². The highest BCUT2D eigenvalue weighted by Gasteiger charge is 2.38. The molecule has 1 aliphatic carbocycles. The molecule has 0 bridgehead atoms. The number of rotatable bonds is 4. The Bertz CT molecular complexity index is 466. The summed E-state index contributed by atoms with van der Waals surface area (Å²) >= 11 is 0. The zero-order chi connectivity index (χ0) is 13.0. The normalized spacial score (nSPS) is 16.4. The lowest BCUT2D eigenvalue weighted by atomic mass is 9.62. The number of esters is 1. The zero-order valence-electron chi connectivity index (χ0n) is 10.6. The predicted molar refractivity (Wildman–Crippen MR) is 67.9 cm³/mol. The number of nitrogens with zero attached hydrogens (tertiary/aromatic N) is 1. The highest BCUT2D eigenvalue weighted by molar-refractivity contribution is 5.65. The van der Waals surface area contributed by atoms with Crippen LogP contribution in [0, 0.1) is 11.3 Å². The first-order valence-corrected chi connectivity index (χ1v) is 6.30. The van der Waals surface area contributed by atoms with Crippen LogP contribution >= 0.6 is 0 Å². The summed E-state index contributed by atoms with van der Waals surface area (Å²) in [5.74, 6) is -0.218. The van der Waals surface area contributed by atoms with Gasteiger partial charge in [0.1, 0.15) is 0 Å². The van der Waals surface area contributed by atoms with E-state index >= 15 is 0 Å². The number of carbonyl (C=O) groups excluding carboxylic acids is 1. The molecule has 1 saturated carbocycles. The van der Waals surface area contributed by atoms with Crippen molar-refractivity contribution in [2.75, 3.05) is 6.61 Å². The van der Waals surface area contributed by atoms with Crippen LogP contribution < -0.4 is 0 Å². The monoisotopic (exact) mass is 243 g/mol. The predicted octanol–water partition coefficient (Wildman–Crippen LogP) is 2.93. The van der Waals surface area contributed by atoms with E-state index in [-0.39, 0.29) is 11.4 Å². The molecule has 0 unspecified atom stereocenters. The lowest BCUT2D eigenvalue weighted by Crippen LogP contribution is -2.35. The topological polar surface area (TPSA) is 50.1 Å². The standard InChI is InChI=1S/C15H17NO2/c1-12(17)18-10-9-15(7-2-8-15)14-5-3-13(11-16)4-6-14/h3-6H,2,7-10H2,1H3. The molecule has 0 heterocycles. The lowest BCUT2D eigenvalue weighted by Gasteiger charge is -2.42. The van der Waals surface area contributed by atoms with Gasteiger partial charge in [0.25, 0.3) is 0 Å². The largest absolute Gasteiger partial charge is 0.466 e. The highest BCUT2D eigenvalue weighted by atomic mass is 16.5. The van der Waals surface area contributed by atoms with Gasteiger partial charge in [-0.25, -0.2) is 0 Å². The summed E-state index contributed by atoms with van der Waals surface area (Å²) in [6.45, 7) is 1.92. The molecule has 1 aliphatic rings. The first kappa shape index (κ1) is 12.6. The molecule has 0 saturated heterocycles. The molecular weight excluding hydrogens is 226 g/mol. The third kappa shape index (κ3) is 2.53. The van der Waals surface area contributed by atoms with E-state index in [4.69, 9.17) is 10.00 Å². The molecule has 94 valence electrons. The molecule has 0 spiro atoms. The van der Waals surface area contributed by atoms with Crippen LogP contribution in [0.2, 0.25) is 0 Å². The van der Waals surface area contributed by atoms with Crippen molar-refractivity contribution >= 4 is 5.97 Å². The number of benzene rings is 1. The van der Waals surface area contributed by atoms with Crippen LogP contribution in [0.4, 0.5) is 0 Å². The van der Waals surface area contributed by atoms with Crippen LogP contribution in [0.1, 0.15) is 43.7 Å². The second kappa shape index (κ2) is 5.22. The molecule has 1 aromatic rings. The van der Waals surface area contributed by atoms with Gasteiger partial charge in [0.05, 0.1) is 18.2 Å². The van der Waals surface area contributed by atoms with E-state index in [0.29, 0.717) is 12.2 Å². The van der Waals surface area contributed by atoms with Gasteiger partial charge in [-0.15, -0.1) is 0 Å². The van der Waals surface area contributed by atoms with Gasteiger partial charge in [-0.2, -0.15) is 5.26 Å². The molecule has 0 atom stereocenters. The van der Waals surface area contributed by atoms with Gasteiger partial charge in [-0.3, -0.25) is 4.79 Å². The molecule has 0 amide bonds. The zero-order valence-corrected chi connectivity index (χ0v) is 10.6. The number of nitriles is 1. The number of hydrogen-bond acceptors (Lipinski definition) is 3. The van der Waals surface area contributed by atoms with Crippen LogP contribution in [-0.2, 0) is 14.9 Å². The fourth-order valence-electron chi connectivity index (χ4n) is 2.58. The quantitative estimate of drug-likeness (QED) is 0.764. The van der Waals surface area contributed by atoms with Gasteiger partial charge >= 0.3 is 5.97 Å². The summed E-state index contributed by atoms with van der Waals surface area (Å²) in [5, 5.41) is 8.80. The average molecular weight is 243 g/mol. The molecule has 2 rings (SSSR count). The van der Waals surface area contributed by atoms with Crippen molar-refractivity contribution in [2.45, 2.75) is 38.0 Å². The molecule has 18 heavy (non-hydrogen) atoms. The summed E-state index contributed by atoms with van der Waals surface area (Å²) in [4.78, 5) is 10.8. The van der Waals surface area contributed by atoms with E-state index in [1.807, 2.05) is 24.3 Å². The average Bonchev–Trinajstić information content (AvgIpc) is 2.32. The molecule has 0 radical (unpaired) electrons. The van der Waals surface area contributed by atoms with Crippen molar-refractivity contribution in [1.29, 1.82) is 5.26 Å². The van der Waals surface area contributed by atoms with Gasteiger partial charge in [0.15, 0.2) is 0 Å². The smallest absolute Gasteiger partial charge is 0.302 e. The Labute approximate surface area is 107 Å². The maximum Gasteiger partial charge on any atom is 0.302 e. The molecule has 0 N–H and O–H groups in total. The van der Waals surface area contributed by atoms with Gasteiger partial charge in [0, 0.05) is 6.92 Å². The minimum absolute atomic E-state index is 0.156. The second-order valence-electron chi connectivity index (χ2n) is 4.91. The molecular formula is C15H17NO2. The first-order valence-electron chi connectivity index (χ1n) is 6.30. The van der Waals surface area contributed by atoms with Gasteiger partial charge in [0.2, 0.25) is 0 Å². The third-order valence-electron chi connectivity index (χ3n) is 3.82. The van der Waals surface area contributed by atoms with Crippen LogP contribution in [0.5, 0.6) is 0 Å². The van der Waals surface area contributed by atoms with Crippen LogP contribution in [0.25, 0.3) is 0 Å². The van der Waals surface area contributed by atoms with Crippen LogP contribution in [-0.4, -0.2) is 12.6 Å². The Morgan fingerprint density at radius 1 is 1.39 bits per heavy atom. The minimum atomic E-state index is -0.218. The summed E-state index contributed by atoms with van der Waals surface area (Å²) in [5.41, 5.74) is 2.11. The van der Waals surface area contributed by atoms with E-state index in [1.165, 1.54) is 18.9 Å². The van der Waals surface area contributed by atoms with E-state index in [2.05, 4.69) is 6.07 Å². The van der Waals surface area contributed by atoms with Crippen molar-refractivity contribution in [3.63, 3.8) is 0 Å². The van der Waals surface area contributed by atoms with Gasteiger partial charge in [-0.05, 0) is 42.4 Å². The highest BCUT2D eigenvalue weighted by Crippen LogP contribution is 2.46. The third-order valence-corrected chi connectivity index (χ3v) is 3.82. The van der Waals surface area contributed by atoms with Crippen molar-refractivity contribution in [3.8, 4) is 6.07 Å². The lowest BCUT2D eigenvalue weighted by molar-refractivity contribution is -0.141. The van der Waals surface area contributed by atoms with Crippen molar-refractivity contribution in [1.82, 2.24) is 0 Å². The van der Waals surface area contributed by atoms with Gasteiger partial charge in [-0.1, -0.05) is 18.6 Å². The van der Waals surface area contributed by atoms with Crippen LogP contribution in [0.15, 0.2) is 24.3 Å². The minimum Gasteiger partial charge on any atom is -0.466 e. The Balaban J connectivity index is 2.06. The van der Waals surface area contributed by atoms with E-state index in [1.54, 1.807) is 0 Å². The Hall–Kier alpha value is -1.82. The van der Waals surface area contributed by atoms with Gasteiger partial charge < -0.3 is 4.74 Å². The summed E-state index contributed by atoms with van der Waals surface area (Å²) in [6.07, 6.45) is 4.37.